The summed E-state index contributed by atoms with van der Waals surface area (Å²) in [5, 5.41) is 3.00. The number of hydrogen-bond acceptors (Lipinski definition) is 5. The van der Waals surface area contributed by atoms with Crippen LogP contribution in [0.15, 0.2) is 48.7 Å². The van der Waals surface area contributed by atoms with Crippen LogP contribution >= 0.6 is 0 Å². The third kappa shape index (κ3) is 4.80. The van der Waals surface area contributed by atoms with E-state index in [0.29, 0.717) is 23.7 Å². The van der Waals surface area contributed by atoms with Crippen LogP contribution < -0.4 is 10.1 Å². The molecule has 1 N–H and O–H groups in total. The summed E-state index contributed by atoms with van der Waals surface area (Å²) in [5.74, 6) is 1.04. The van der Waals surface area contributed by atoms with E-state index in [2.05, 4.69) is 29.0 Å². The molecule has 1 aliphatic rings. The monoisotopic (exact) mass is 355 g/mol. The molecule has 0 atom stereocenters. The number of rotatable bonds is 6. The van der Waals surface area contributed by atoms with Crippen molar-refractivity contribution in [2.45, 2.75) is 19.4 Å². The van der Waals surface area contributed by atoms with Gasteiger partial charge in [0.05, 0.1) is 18.8 Å². The lowest BCUT2D eigenvalue weighted by Gasteiger charge is -2.40. The van der Waals surface area contributed by atoms with E-state index in [0.717, 1.165) is 26.3 Å². The Morgan fingerprint density at radius 2 is 1.92 bits per heavy atom. The van der Waals surface area contributed by atoms with E-state index >= 15 is 0 Å². The minimum atomic E-state index is -0.134. The number of carbonyl (C=O) groups excluding carboxylic acids is 1. The Morgan fingerprint density at radius 3 is 2.58 bits per heavy atom. The Morgan fingerprint density at radius 1 is 1.19 bits per heavy atom. The number of para-hydroxylation sites is 1. The van der Waals surface area contributed by atoms with Crippen LogP contribution in [0.2, 0.25) is 0 Å². The van der Waals surface area contributed by atoms with E-state index in [1.54, 1.807) is 12.1 Å². The van der Waals surface area contributed by atoms with Crippen LogP contribution in [0.3, 0.4) is 0 Å². The highest BCUT2D eigenvalue weighted by Crippen LogP contribution is 2.19. The zero-order valence-corrected chi connectivity index (χ0v) is 15.3. The van der Waals surface area contributed by atoms with Gasteiger partial charge >= 0.3 is 0 Å². The van der Waals surface area contributed by atoms with E-state index in [-0.39, 0.29) is 11.4 Å². The molecule has 0 bridgehead atoms. The number of aromatic nitrogens is 1. The van der Waals surface area contributed by atoms with Gasteiger partial charge < -0.3 is 14.8 Å². The van der Waals surface area contributed by atoms with E-state index in [9.17, 15) is 4.79 Å². The Balaban J connectivity index is 1.54. The molecule has 1 aromatic heterocycles. The summed E-state index contributed by atoms with van der Waals surface area (Å²) in [6.45, 7) is 8.08. The number of pyridine rings is 1. The molecule has 26 heavy (non-hydrogen) atoms. The number of hydrogen-bond donors (Lipinski definition) is 1. The molecule has 2 heterocycles. The second-order valence-corrected chi connectivity index (χ2v) is 6.89. The quantitative estimate of drug-likeness (QED) is 0.863. The molecule has 1 fully saturated rings. The lowest BCUT2D eigenvalue weighted by Crippen LogP contribution is -2.55. The van der Waals surface area contributed by atoms with Gasteiger partial charge in [-0.1, -0.05) is 18.2 Å². The predicted octanol–water partition coefficient (Wildman–Crippen LogP) is 2.71. The van der Waals surface area contributed by atoms with Crippen molar-refractivity contribution in [3.8, 4) is 11.6 Å². The van der Waals surface area contributed by atoms with Crippen LogP contribution in [0, 0.1) is 0 Å². The largest absolute Gasteiger partial charge is 0.439 e. The van der Waals surface area contributed by atoms with Crippen LogP contribution in [0.25, 0.3) is 0 Å². The fourth-order valence-electron chi connectivity index (χ4n) is 2.86. The van der Waals surface area contributed by atoms with Crippen molar-refractivity contribution < 1.29 is 14.3 Å². The summed E-state index contributed by atoms with van der Waals surface area (Å²) in [7, 11) is 0. The van der Waals surface area contributed by atoms with Crippen LogP contribution in [0.1, 0.15) is 24.2 Å². The van der Waals surface area contributed by atoms with Gasteiger partial charge in [-0.05, 0) is 32.0 Å². The summed E-state index contributed by atoms with van der Waals surface area (Å²) in [6, 6.07) is 12.9. The van der Waals surface area contributed by atoms with Gasteiger partial charge in [-0.25, -0.2) is 4.98 Å². The molecule has 138 valence electrons. The fourth-order valence-corrected chi connectivity index (χ4v) is 2.86. The first-order chi connectivity index (χ1) is 12.5. The molecular weight excluding hydrogens is 330 g/mol. The summed E-state index contributed by atoms with van der Waals surface area (Å²) < 4.78 is 11.0. The van der Waals surface area contributed by atoms with Gasteiger partial charge in [0.1, 0.15) is 5.75 Å². The highest BCUT2D eigenvalue weighted by molar-refractivity contribution is 5.93. The minimum absolute atomic E-state index is 0.122. The molecule has 1 saturated heterocycles. The Hall–Kier alpha value is -2.44. The Kier molecular flexibility index (Phi) is 5.85. The van der Waals surface area contributed by atoms with E-state index in [4.69, 9.17) is 9.47 Å². The number of carbonyl (C=O) groups is 1. The number of ether oxygens (including phenoxy) is 2. The molecule has 1 aliphatic heterocycles. The van der Waals surface area contributed by atoms with Crippen LogP contribution in [-0.4, -0.2) is 54.2 Å². The van der Waals surface area contributed by atoms with Gasteiger partial charge in [0.15, 0.2) is 0 Å². The minimum Gasteiger partial charge on any atom is -0.439 e. The maximum atomic E-state index is 12.4. The summed E-state index contributed by atoms with van der Waals surface area (Å²) >= 11 is 0. The number of benzene rings is 1. The van der Waals surface area contributed by atoms with Gasteiger partial charge in [0, 0.05) is 37.4 Å². The molecular formula is C20H25N3O3. The van der Waals surface area contributed by atoms with Gasteiger partial charge in [-0.3, -0.25) is 9.69 Å². The van der Waals surface area contributed by atoms with Gasteiger partial charge in [0.25, 0.3) is 5.91 Å². The molecule has 2 aromatic rings. The lowest BCUT2D eigenvalue weighted by molar-refractivity contribution is -0.00923. The Labute approximate surface area is 154 Å². The molecule has 0 spiro atoms. The maximum Gasteiger partial charge on any atom is 0.252 e. The second kappa shape index (κ2) is 8.29. The number of amides is 1. The normalized spacial score (nSPS) is 15.5. The number of nitrogens with one attached hydrogen (secondary N) is 1. The third-order valence-electron chi connectivity index (χ3n) is 4.51. The smallest absolute Gasteiger partial charge is 0.252 e. The molecule has 3 rings (SSSR count). The van der Waals surface area contributed by atoms with Crippen LogP contribution in [0.5, 0.6) is 11.6 Å². The highest BCUT2D eigenvalue weighted by Gasteiger charge is 2.28. The number of morpholine rings is 1. The molecule has 0 aliphatic carbocycles. The molecule has 1 amide bonds. The Bertz CT molecular complexity index is 711. The first-order valence-corrected chi connectivity index (χ1v) is 8.84. The van der Waals surface area contributed by atoms with Gasteiger partial charge in [-0.15, -0.1) is 0 Å². The summed E-state index contributed by atoms with van der Waals surface area (Å²) in [4.78, 5) is 19.0. The molecule has 0 unspecified atom stereocenters. The third-order valence-corrected chi connectivity index (χ3v) is 4.51. The van der Waals surface area contributed by atoms with Crippen molar-refractivity contribution >= 4 is 5.91 Å². The first kappa shape index (κ1) is 18.4. The molecule has 1 aromatic carbocycles. The van der Waals surface area contributed by atoms with Crippen LogP contribution in [-0.2, 0) is 4.74 Å². The standard InChI is InChI=1S/C20H25N3O3/c1-20(2,23-10-12-25-13-11-23)15-22-19(24)16-8-9-18(21-14-16)26-17-6-4-3-5-7-17/h3-9,14H,10-13,15H2,1-2H3,(H,22,24). The zero-order chi connectivity index (χ0) is 18.4. The fraction of sp³-hybridized carbons (Fsp3) is 0.400. The first-order valence-electron chi connectivity index (χ1n) is 8.84. The van der Waals surface area contributed by atoms with Crippen molar-refractivity contribution in [2.75, 3.05) is 32.8 Å². The lowest BCUT2D eigenvalue weighted by atomic mass is 10.0. The SMILES string of the molecule is CC(C)(CNC(=O)c1ccc(Oc2ccccc2)nc1)N1CCOCC1. The molecule has 6 heteroatoms. The predicted molar refractivity (Wildman–Crippen MR) is 99.6 cm³/mol. The van der Waals surface area contributed by atoms with Crippen molar-refractivity contribution in [1.29, 1.82) is 0 Å². The van der Waals surface area contributed by atoms with Crippen molar-refractivity contribution in [1.82, 2.24) is 15.2 Å². The van der Waals surface area contributed by atoms with Crippen molar-refractivity contribution in [3.05, 3.63) is 54.2 Å². The number of nitrogens with zero attached hydrogens (tertiary/aromatic N) is 2. The zero-order valence-electron chi connectivity index (χ0n) is 15.3. The maximum absolute atomic E-state index is 12.4. The van der Waals surface area contributed by atoms with Crippen LogP contribution in [0.4, 0.5) is 0 Å². The average Bonchev–Trinajstić information content (AvgIpc) is 2.68. The van der Waals surface area contributed by atoms with Crippen molar-refractivity contribution in [2.24, 2.45) is 0 Å². The van der Waals surface area contributed by atoms with E-state index < -0.39 is 0 Å². The van der Waals surface area contributed by atoms with Gasteiger partial charge in [-0.2, -0.15) is 0 Å². The topological polar surface area (TPSA) is 63.7 Å². The van der Waals surface area contributed by atoms with Crippen molar-refractivity contribution in [3.63, 3.8) is 0 Å². The van der Waals surface area contributed by atoms with E-state index in [1.807, 2.05) is 30.3 Å². The molecule has 6 nitrogen and oxygen atoms in total. The molecule has 0 saturated carbocycles. The van der Waals surface area contributed by atoms with Gasteiger partial charge in [0.2, 0.25) is 5.88 Å². The average molecular weight is 355 g/mol. The summed E-state index contributed by atoms with van der Waals surface area (Å²) in [6.07, 6.45) is 1.54. The highest BCUT2D eigenvalue weighted by atomic mass is 16.5. The molecule has 0 radical (unpaired) electrons. The summed E-state index contributed by atoms with van der Waals surface area (Å²) in [5.41, 5.74) is 0.395. The second-order valence-electron chi connectivity index (χ2n) is 6.89. The van der Waals surface area contributed by atoms with E-state index in [1.165, 1.54) is 6.20 Å².